The fourth-order valence-electron chi connectivity index (χ4n) is 3.41. The number of nitrogens with one attached hydrogen (secondary N) is 1. The van der Waals surface area contributed by atoms with Crippen molar-refractivity contribution >= 4 is 46.2 Å². The topological polar surface area (TPSA) is 20.2 Å². The molecule has 3 aromatic rings. The molecule has 1 aliphatic heterocycles. The number of thiocarbonyl (C=S) groups is 1. The third-order valence-corrected chi connectivity index (χ3v) is 5.53. The van der Waals surface area contributed by atoms with Gasteiger partial charge in [0.1, 0.15) is 5.82 Å². The maximum absolute atomic E-state index is 13.5. The molecule has 2 heterocycles. The van der Waals surface area contributed by atoms with Gasteiger partial charge < -0.3 is 14.8 Å². The Bertz CT molecular complexity index is 1000. The Morgan fingerprint density at radius 3 is 2.70 bits per heavy atom. The summed E-state index contributed by atoms with van der Waals surface area (Å²) < 4.78 is 15.7. The third kappa shape index (κ3) is 3.68. The van der Waals surface area contributed by atoms with Crippen molar-refractivity contribution in [3.8, 4) is 0 Å². The molecule has 0 spiro atoms. The predicted octanol–water partition coefficient (Wildman–Crippen LogP) is 5.74. The summed E-state index contributed by atoms with van der Waals surface area (Å²) in [4.78, 5) is 2.07. The average molecular weight is 420 g/mol. The van der Waals surface area contributed by atoms with Crippen LogP contribution in [0, 0.1) is 5.82 Å². The fraction of sp³-hybridized carbons (Fsp3) is 0.150. The highest BCUT2D eigenvalue weighted by atomic mass is 35.5. The van der Waals surface area contributed by atoms with Crippen molar-refractivity contribution < 1.29 is 4.39 Å². The van der Waals surface area contributed by atoms with Crippen LogP contribution in [0.3, 0.4) is 0 Å². The molecule has 0 saturated carbocycles. The van der Waals surface area contributed by atoms with E-state index < -0.39 is 0 Å². The standard InChI is InChI=1S/C20H16Cl2FN3S/c21-13-6-7-16(17(22)11-13)19-18-5-2-8-25(18)9-10-26(19)20(27)24-15-4-1-3-14(23)12-15/h1-8,11-12,19H,9-10H2,(H,24,27)/t19-/m0/s1. The molecule has 2 aromatic carbocycles. The van der Waals surface area contributed by atoms with Crippen LogP contribution in [0.25, 0.3) is 0 Å². The van der Waals surface area contributed by atoms with E-state index in [0.717, 1.165) is 17.8 Å². The van der Waals surface area contributed by atoms with Crippen LogP contribution < -0.4 is 5.32 Å². The van der Waals surface area contributed by atoms with Gasteiger partial charge in [-0.05, 0) is 60.2 Å². The highest BCUT2D eigenvalue weighted by Gasteiger charge is 2.32. The number of nitrogens with zero attached hydrogens (tertiary/aromatic N) is 2. The van der Waals surface area contributed by atoms with Crippen LogP contribution >= 0.6 is 35.4 Å². The van der Waals surface area contributed by atoms with Crippen molar-refractivity contribution in [2.75, 3.05) is 11.9 Å². The molecular formula is C20H16Cl2FN3S. The minimum atomic E-state index is -0.312. The molecule has 1 aromatic heterocycles. The van der Waals surface area contributed by atoms with Gasteiger partial charge in [0.15, 0.2) is 5.11 Å². The number of hydrogen-bond acceptors (Lipinski definition) is 1. The van der Waals surface area contributed by atoms with Crippen LogP contribution in [0.1, 0.15) is 17.3 Å². The molecule has 4 rings (SSSR count). The molecule has 1 atom stereocenters. The average Bonchev–Trinajstić information content (AvgIpc) is 3.10. The van der Waals surface area contributed by atoms with Crippen LogP contribution in [0.15, 0.2) is 60.8 Å². The first-order valence-corrected chi connectivity index (χ1v) is 9.62. The quantitative estimate of drug-likeness (QED) is 0.535. The molecule has 27 heavy (non-hydrogen) atoms. The molecule has 138 valence electrons. The zero-order valence-electron chi connectivity index (χ0n) is 14.2. The Labute approximate surface area is 172 Å². The van der Waals surface area contributed by atoms with Crippen LogP contribution in [-0.4, -0.2) is 21.1 Å². The van der Waals surface area contributed by atoms with Crippen molar-refractivity contribution in [3.63, 3.8) is 0 Å². The highest BCUT2D eigenvalue weighted by molar-refractivity contribution is 7.80. The molecule has 0 aliphatic carbocycles. The van der Waals surface area contributed by atoms with E-state index >= 15 is 0 Å². The lowest BCUT2D eigenvalue weighted by Crippen LogP contribution is -2.44. The molecule has 0 saturated heterocycles. The molecule has 7 heteroatoms. The first-order chi connectivity index (χ1) is 13.0. The van der Waals surface area contributed by atoms with E-state index in [4.69, 9.17) is 35.4 Å². The summed E-state index contributed by atoms with van der Waals surface area (Å²) in [6, 6.07) is 15.7. The van der Waals surface area contributed by atoms with Crippen LogP contribution in [0.2, 0.25) is 10.0 Å². The first kappa shape index (κ1) is 18.3. The molecule has 3 nitrogen and oxygen atoms in total. The van der Waals surface area contributed by atoms with Gasteiger partial charge in [-0.15, -0.1) is 0 Å². The maximum Gasteiger partial charge on any atom is 0.174 e. The van der Waals surface area contributed by atoms with Gasteiger partial charge in [-0.3, -0.25) is 0 Å². The summed E-state index contributed by atoms with van der Waals surface area (Å²) in [5.74, 6) is -0.312. The minimum absolute atomic E-state index is 0.160. The smallest absolute Gasteiger partial charge is 0.174 e. The van der Waals surface area contributed by atoms with Crippen molar-refractivity contribution in [1.82, 2.24) is 9.47 Å². The van der Waals surface area contributed by atoms with Crippen LogP contribution in [0.5, 0.6) is 0 Å². The highest BCUT2D eigenvalue weighted by Crippen LogP contribution is 2.37. The van der Waals surface area contributed by atoms with Crippen molar-refractivity contribution in [3.05, 3.63) is 87.9 Å². The minimum Gasteiger partial charge on any atom is -0.348 e. The second kappa shape index (κ2) is 7.50. The summed E-state index contributed by atoms with van der Waals surface area (Å²) in [6.45, 7) is 1.50. The largest absolute Gasteiger partial charge is 0.348 e. The lowest BCUT2D eigenvalue weighted by molar-refractivity contribution is 0.293. The number of halogens is 3. The Morgan fingerprint density at radius 1 is 1.07 bits per heavy atom. The van der Waals surface area contributed by atoms with Gasteiger partial charge in [-0.1, -0.05) is 35.3 Å². The molecule has 0 radical (unpaired) electrons. The monoisotopic (exact) mass is 419 g/mol. The molecule has 0 fully saturated rings. The molecule has 1 N–H and O–H groups in total. The van der Waals surface area contributed by atoms with Gasteiger partial charge in [0.05, 0.1) is 6.04 Å². The SMILES string of the molecule is Fc1cccc(NC(=S)N2CCn3cccc3[C@@H]2c2ccc(Cl)cc2Cl)c1. The molecule has 0 bridgehead atoms. The van der Waals surface area contributed by atoms with E-state index in [1.54, 1.807) is 18.2 Å². The Balaban J connectivity index is 1.71. The van der Waals surface area contributed by atoms with E-state index in [1.807, 2.05) is 24.4 Å². The summed E-state index contributed by atoms with van der Waals surface area (Å²) in [5.41, 5.74) is 2.62. The second-order valence-corrected chi connectivity index (χ2v) is 7.56. The normalized spacial score (nSPS) is 16.1. The van der Waals surface area contributed by atoms with Gasteiger partial charge in [-0.2, -0.15) is 0 Å². The maximum atomic E-state index is 13.5. The Hall–Kier alpha value is -2.08. The first-order valence-electron chi connectivity index (χ1n) is 8.46. The number of fused-ring (bicyclic) bond motifs is 1. The van der Waals surface area contributed by atoms with Crippen LogP contribution in [-0.2, 0) is 6.54 Å². The van der Waals surface area contributed by atoms with Gasteiger partial charge in [0, 0.05) is 40.7 Å². The number of anilines is 1. The number of aromatic nitrogens is 1. The molecule has 0 amide bonds. The lowest BCUT2D eigenvalue weighted by Gasteiger charge is -2.39. The predicted molar refractivity (Wildman–Crippen MR) is 112 cm³/mol. The van der Waals surface area contributed by atoms with Gasteiger partial charge >= 0.3 is 0 Å². The lowest BCUT2D eigenvalue weighted by atomic mass is 10.00. The summed E-state index contributed by atoms with van der Waals surface area (Å²) in [5, 5.41) is 4.83. The van der Waals surface area contributed by atoms with Gasteiger partial charge in [-0.25, -0.2) is 4.39 Å². The molecule has 0 unspecified atom stereocenters. The van der Waals surface area contributed by atoms with E-state index in [0.29, 0.717) is 27.4 Å². The second-order valence-electron chi connectivity index (χ2n) is 6.33. The van der Waals surface area contributed by atoms with Crippen molar-refractivity contribution in [2.45, 2.75) is 12.6 Å². The fourth-order valence-corrected chi connectivity index (χ4v) is 4.24. The van der Waals surface area contributed by atoms with Gasteiger partial charge in [0.2, 0.25) is 0 Å². The number of benzene rings is 2. The van der Waals surface area contributed by atoms with E-state index in [2.05, 4.69) is 20.9 Å². The number of hydrogen-bond donors (Lipinski definition) is 1. The molecular weight excluding hydrogens is 404 g/mol. The van der Waals surface area contributed by atoms with Crippen molar-refractivity contribution in [1.29, 1.82) is 0 Å². The zero-order valence-corrected chi connectivity index (χ0v) is 16.5. The summed E-state index contributed by atoms with van der Waals surface area (Å²) in [7, 11) is 0. The van der Waals surface area contributed by atoms with Gasteiger partial charge in [0.25, 0.3) is 0 Å². The van der Waals surface area contributed by atoms with Crippen LogP contribution in [0.4, 0.5) is 10.1 Å². The van der Waals surface area contributed by atoms with E-state index in [-0.39, 0.29) is 11.9 Å². The van der Waals surface area contributed by atoms with E-state index in [1.165, 1.54) is 12.1 Å². The summed E-state index contributed by atoms with van der Waals surface area (Å²) in [6.07, 6.45) is 2.05. The third-order valence-electron chi connectivity index (χ3n) is 4.63. The Morgan fingerprint density at radius 2 is 1.93 bits per heavy atom. The Kier molecular flexibility index (Phi) is 5.08. The number of rotatable bonds is 2. The zero-order chi connectivity index (χ0) is 19.0. The van der Waals surface area contributed by atoms with E-state index in [9.17, 15) is 4.39 Å². The molecule has 1 aliphatic rings. The van der Waals surface area contributed by atoms with Crippen molar-refractivity contribution in [2.24, 2.45) is 0 Å². The summed E-state index contributed by atoms with van der Waals surface area (Å²) >= 11 is 18.3.